The van der Waals surface area contributed by atoms with Gasteiger partial charge in [-0.1, -0.05) is 18.2 Å². The number of carbonyl (C=O) groups is 1. The third-order valence-electron chi connectivity index (χ3n) is 5.29. The van der Waals surface area contributed by atoms with Crippen LogP contribution in [0.3, 0.4) is 0 Å². The molecule has 2 aromatic carbocycles. The molecule has 33 heavy (non-hydrogen) atoms. The number of nitrogens with zero attached hydrogens (tertiary/aromatic N) is 3. The van der Waals surface area contributed by atoms with Crippen molar-refractivity contribution in [3.8, 4) is 22.7 Å². The summed E-state index contributed by atoms with van der Waals surface area (Å²) < 4.78 is 10.3. The van der Waals surface area contributed by atoms with Crippen LogP contribution >= 0.6 is 0 Å². The SMILES string of the molecule is COC(=O)c1ccc(CNc2nc(-c3ccco3)nc3cc(-c4ccncc4)ccc23)cc1. The molecule has 5 rings (SSSR count). The van der Waals surface area contributed by atoms with E-state index in [9.17, 15) is 4.79 Å². The van der Waals surface area contributed by atoms with Crippen molar-refractivity contribution >= 4 is 22.7 Å². The molecule has 0 saturated heterocycles. The lowest BCUT2D eigenvalue weighted by Crippen LogP contribution is -2.05. The summed E-state index contributed by atoms with van der Waals surface area (Å²) in [4.78, 5) is 25.2. The number of pyridine rings is 1. The van der Waals surface area contributed by atoms with Crippen LogP contribution in [-0.4, -0.2) is 28.0 Å². The van der Waals surface area contributed by atoms with Gasteiger partial charge in [-0.05, 0) is 65.2 Å². The summed E-state index contributed by atoms with van der Waals surface area (Å²) in [5.41, 5.74) is 4.41. The second-order valence-electron chi connectivity index (χ2n) is 7.38. The first-order chi connectivity index (χ1) is 16.2. The van der Waals surface area contributed by atoms with Gasteiger partial charge >= 0.3 is 5.97 Å². The molecule has 0 radical (unpaired) electrons. The number of rotatable bonds is 6. The second-order valence-corrected chi connectivity index (χ2v) is 7.38. The number of hydrogen-bond donors (Lipinski definition) is 1. The number of esters is 1. The van der Waals surface area contributed by atoms with Crippen LogP contribution in [0.15, 0.2) is 89.8 Å². The molecule has 0 aliphatic carbocycles. The van der Waals surface area contributed by atoms with Gasteiger partial charge in [0.15, 0.2) is 11.6 Å². The zero-order chi connectivity index (χ0) is 22.6. The van der Waals surface area contributed by atoms with Gasteiger partial charge in [0.1, 0.15) is 5.82 Å². The van der Waals surface area contributed by atoms with Gasteiger partial charge in [-0.3, -0.25) is 4.98 Å². The van der Waals surface area contributed by atoms with Gasteiger partial charge in [0.05, 0.1) is 24.5 Å². The Balaban J connectivity index is 1.50. The fraction of sp³-hybridized carbons (Fsp3) is 0.0769. The molecule has 0 unspecified atom stereocenters. The number of benzene rings is 2. The number of fused-ring (bicyclic) bond motifs is 1. The summed E-state index contributed by atoms with van der Waals surface area (Å²) >= 11 is 0. The van der Waals surface area contributed by atoms with Gasteiger partial charge in [0, 0.05) is 24.3 Å². The van der Waals surface area contributed by atoms with E-state index in [4.69, 9.17) is 19.1 Å². The summed E-state index contributed by atoms with van der Waals surface area (Å²) in [6, 6.07) is 20.9. The zero-order valence-electron chi connectivity index (χ0n) is 17.9. The first-order valence-electron chi connectivity index (χ1n) is 10.4. The van der Waals surface area contributed by atoms with Crippen LogP contribution in [0.5, 0.6) is 0 Å². The molecule has 0 spiro atoms. The molecule has 7 heteroatoms. The predicted octanol–water partition coefficient (Wildman–Crippen LogP) is 5.35. The number of nitrogens with one attached hydrogen (secondary N) is 1. The molecular weight excluding hydrogens is 416 g/mol. The Labute approximate surface area is 190 Å². The van der Waals surface area contributed by atoms with Crippen LogP contribution in [-0.2, 0) is 11.3 Å². The first kappa shape index (κ1) is 20.4. The molecule has 162 valence electrons. The first-order valence-corrected chi connectivity index (χ1v) is 10.4. The van der Waals surface area contributed by atoms with E-state index < -0.39 is 0 Å². The molecule has 5 aromatic rings. The Bertz CT molecular complexity index is 1400. The molecule has 0 fully saturated rings. The van der Waals surface area contributed by atoms with E-state index in [1.54, 1.807) is 30.8 Å². The van der Waals surface area contributed by atoms with Crippen LogP contribution in [0.2, 0.25) is 0 Å². The summed E-state index contributed by atoms with van der Waals surface area (Å²) in [5, 5.41) is 4.31. The molecule has 0 saturated carbocycles. The zero-order valence-corrected chi connectivity index (χ0v) is 17.9. The van der Waals surface area contributed by atoms with Gasteiger partial charge in [-0.25, -0.2) is 14.8 Å². The fourth-order valence-corrected chi connectivity index (χ4v) is 3.57. The fourth-order valence-electron chi connectivity index (χ4n) is 3.57. The molecule has 0 aliphatic rings. The number of aromatic nitrogens is 3. The maximum atomic E-state index is 11.7. The van der Waals surface area contributed by atoms with E-state index in [-0.39, 0.29) is 5.97 Å². The van der Waals surface area contributed by atoms with Crippen molar-refractivity contribution in [2.45, 2.75) is 6.54 Å². The standard InChI is InChI=1S/C26H20N4O3/c1-32-26(31)19-6-4-17(5-7-19)16-28-24-21-9-8-20(18-10-12-27-13-11-18)15-22(21)29-25(30-24)23-3-2-14-33-23/h2-15H,16H2,1H3,(H,28,29,30). The van der Waals surface area contributed by atoms with E-state index in [1.165, 1.54) is 7.11 Å². The number of carbonyl (C=O) groups excluding carboxylic acids is 1. The minimum absolute atomic E-state index is 0.357. The number of anilines is 1. The van der Waals surface area contributed by atoms with Crippen molar-refractivity contribution in [2.24, 2.45) is 0 Å². The maximum Gasteiger partial charge on any atom is 0.337 e. The predicted molar refractivity (Wildman–Crippen MR) is 126 cm³/mol. The van der Waals surface area contributed by atoms with Gasteiger partial charge in [-0.15, -0.1) is 0 Å². The Hall–Kier alpha value is -4.52. The molecule has 3 aromatic heterocycles. The Morgan fingerprint density at radius 3 is 2.52 bits per heavy atom. The number of hydrogen-bond acceptors (Lipinski definition) is 7. The summed E-state index contributed by atoms with van der Waals surface area (Å²) in [6.45, 7) is 0.525. The average molecular weight is 436 g/mol. The van der Waals surface area contributed by atoms with Crippen LogP contribution in [0.1, 0.15) is 15.9 Å². The van der Waals surface area contributed by atoms with Gasteiger partial charge in [-0.2, -0.15) is 0 Å². The normalized spacial score (nSPS) is 10.8. The van der Waals surface area contributed by atoms with Crippen molar-refractivity contribution < 1.29 is 13.9 Å². The van der Waals surface area contributed by atoms with Gasteiger partial charge < -0.3 is 14.5 Å². The lowest BCUT2D eigenvalue weighted by molar-refractivity contribution is 0.0600. The van der Waals surface area contributed by atoms with Crippen molar-refractivity contribution in [2.75, 3.05) is 12.4 Å². The highest BCUT2D eigenvalue weighted by molar-refractivity contribution is 5.93. The number of ether oxygens (including phenoxy) is 1. The van der Waals surface area contributed by atoms with E-state index in [0.29, 0.717) is 29.5 Å². The molecule has 0 amide bonds. The topological polar surface area (TPSA) is 90.1 Å². The van der Waals surface area contributed by atoms with Crippen LogP contribution in [0.4, 0.5) is 5.82 Å². The molecule has 0 atom stereocenters. The summed E-state index contributed by atoms with van der Waals surface area (Å²) in [6.07, 6.45) is 5.14. The van der Waals surface area contributed by atoms with Crippen LogP contribution < -0.4 is 5.32 Å². The van der Waals surface area contributed by atoms with Crippen LogP contribution in [0.25, 0.3) is 33.6 Å². The molecular formula is C26H20N4O3. The number of furan rings is 1. The van der Waals surface area contributed by atoms with E-state index in [0.717, 1.165) is 27.6 Å². The summed E-state index contributed by atoms with van der Waals surface area (Å²) in [7, 11) is 1.37. The highest BCUT2D eigenvalue weighted by atomic mass is 16.5. The third-order valence-corrected chi connectivity index (χ3v) is 5.29. The van der Waals surface area contributed by atoms with E-state index in [1.807, 2.05) is 54.6 Å². The minimum Gasteiger partial charge on any atom is -0.465 e. The third kappa shape index (κ3) is 4.29. The highest BCUT2D eigenvalue weighted by Gasteiger charge is 2.13. The molecule has 7 nitrogen and oxygen atoms in total. The van der Waals surface area contributed by atoms with E-state index in [2.05, 4.69) is 10.3 Å². The number of methoxy groups -OCH3 is 1. The quantitative estimate of drug-likeness (QED) is 0.359. The molecule has 1 N–H and O–H groups in total. The average Bonchev–Trinajstić information content (AvgIpc) is 3.42. The van der Waals surface area contributed by atoms with Gasteiger partial charge in [0.25, 0.3) is 0 Å². The molecule has 3 heterocycles. The van der Waals surface area contributed by atoms with Crippen molar-refractivity contribution in [1.29, 1.82) is 0 Å². The highest BCUT2D eigenvalue weighted by Crippen LogP contribution is 2.29. The van der Waals surface area contributed by atoms with E-state index >= 15 is 0 Å². The summed E-state index contributed by atoms with van der Waals surface area (Å²) in [5.74, 6) is 1.44. The lowest BCUT2D eigenvalue weighted by atomic mass is 10.0. The van der Waals surface area contributed by atoms with Crippen molar-refractivity contribution in [1.82, 2.24) is 15.0 Å². The lowest BCUT2D eigenvalue weighted by Gasteiger charge is -2.12. The Morgan fingerprint density at radius 2 is 1.79 bits per heavy atom. The molecule has 0 aliphatic heterocycles. The monoisotopic (exact) mass is 436 g/mol. The Kier molecular flexibility index (Phi) is 5.51. The van der Waals surface area contributed by atoms with Crippen molar-refractivity contribution in [3.05, 3.63) is 96.5 Å². The van der Waals surface area contributed by atoms with Crippen molar-refractivity contribution in [3.63, 3.8) is 0 Å². The second kappa shape index (κ2) is 8.92. The minimum atomic E-state index is -0.357. The smallest absolute Gasteiger partial charge is 0.337 e. The van der Waals surface area contributed by atoms with Gasteiger partial charge in [0.2, 0.25) is 0 Å². The Morgan fingerprint density at radius 1 is 0.970 bits per heavy atom. The van der Waals surface area contributed by atoms with Crippen LogP contribution in [0, 0.1) is 0 Å². The largest absolute Gasteiger partial charge is 0.465 e. The maximum absolute atomic E-state index is 11.7. The molecule has 0 bridgehead atoms.